The van der Waals surface area contributed by atoms with Gasteiger partial charge >= 0.3 is 0 Å². The quantitative estimate of drug-likeness (QED) is 0.806. The summed E-state index contributed by atoms with van der Waals surface area (Å²) in [7, 11) is -1.57. The van der Waals surface area contributed by atoms with Gasteiger partial charge in [-0.05, 0) is 31.8 Å². The van der Waals surface area contributed by atoms with Gasteiger partial charge < -0.3 is 5.32 Å². The maximum absolute atomic E-state index is 11.9. The van der Waals surface area contributed by atoms with Gasteiger partial charge in [-0.3, -0.25) is 9.40 Å². The zero-order chi connectivity index (χ0) is 12.3. The van der Waals surface area contributed by atoms with Crippen LogP contribution in [-0.4, -0.2) is 37.0 Å². The van der Waals surface area contributed by atoms with Crippen LogP contribution in [0.2, 0.25) is 0 Å². The Morgan fingerprint density at radius 1 is 1.65 bits per heavy atom. The summed E-state index contributed by atoms with van der Waals surface area (Å²) in [5, 5.41) is 7.14. The molecule has 1 saturated heterocycles. The number of piperidine rings is 1. The molecule has 96 valence electrons. The van der Waals surface area contributed by atoms with E-state index in [1.165, 1.54) is 4.68 Å². The SMILES string of the molecule is Cn1nccc1NS(=O)(=O)CC1CCCNC1. The Bertz CT molecular complexity index is 462. The van der Waals surface area contributed by atoms with Crippen molar-refractivity contribution in [3.63, 3.8) is 0 Å². The van der Waals surface area contributed by atoms with Gasteiger partial charge in [0.2, 0.25) is 10.0 Å². The lowest BCUT2D eigenvalue weighted by Crippen LogP contribution is -2.35. The molecule has 1 aliphatic heterocycles. The van der Waals surface area contributed by atoms with Gasteiger partial charge in [0, 0.05) is 13.1 Å². The number of anilines is 1. The molecule has 2 heterocycles. The van der Waals surface area contributed by atoms with Crippen molar-refractivity contribution in [1.82, 2.24) is 15.1 Å². The molecule has 0 aliphatic carbocycles. The molecule has 17 heavy (non-hydrogen) atoms. The summed E-state index contributed by atoms with van der Waals surface area (Å²) in [6.07, 6.45) is 3.59. The van der Waals surface area contributed by atoms with Crippen molar-refractivity contribution in [1.29, 1.82) is 0 Å². The minimum absolute atomic E-state index is 0.172. The van der Waals surface area contributed by atoms with Crippen LogP contribution in [0.1, 0.15) is 12.8 Å². The number of nitrogens with zero attached hydrogens (tertiary/aromatic N) is 2. The Hall–Kier alpha value is -1.08. The Morgan fingerprint density at radius 3 is 3.06 bits per heavy atom. The average Bonchev–Trinajstić information content (AvgIpc) is 2.64. The highest BCUT2D eigenvalue weighted by Gasteiger charge is 2.21. The van der Waals surface area contributed by atoms with E-state index >= 15 is 0 Å². The molecule has 1 aromatic rings. The average molecular weight is 258 g/mol. The number of hydrogen-bond acceptors (Lipinski definition) is 4. The number of aromatic nitrogens is 2. The molecular weight excluding hydrogens is 240 g/mol. The van der Waals surface area contributed by atoms with Crippen molar-refractivity contribution in [2.75, 3.05) is 23.6 Å². The van der Waals surface area contributed by atoms with Gasteiger partial charge in [0.1, 0.15) is 5.82 Å². The van der Waals surface area contributed by atoms with Crippen LogP contribution in [0.3, 0.4) is 0 Å². The normalized spacial score (nSPS) is 21.4. The number of rotatable bonds is 4. The Morgan fingerprint density at radius 2 is 2.47 bits per heavy atom. The minimum atomic E-state index is -3.28. The summed E-state index contributed by atoms with van der Waals surface area (Å²) < 4.78 is 27.9. The molecule has 1 aliphatic rings. The Kier molecular flexibility index (Phi) is 3.68. The molecule has 0 saturated carbocycles. The first-order valence-corrected chi connectivity index (χ1v) is 7.41. The second-order valence-electron chi connectivity index (χ2n) is 4.44. The van der Waals surface area contributed by atoms with Gasteiger partial charge in [0.15, 0.2) is 0 Å². The molecule has 0 spiro atoms. The van der Waals surface area contributed by atoms with E-state index in [0.717, 1.165) is 25.9 Å². The number of aryl methyl sites for hydroxylation is 1. The summed E-state index contributed by atoms with van der Waals surface area (Å²) >= 11 is 0. The third kappa shape index (κ3) is 3.44. The molecule has 6 nitrogen and oxygen atoms in total. The largest absolute Gasteiger partial charge is 0.316 e. The maximum atomic E-state index is 11.9. The number of hydrogen-bond donors (Lipinski definition) is 2. The summed E-state index contributed by atoms with van der Waals surface area (Å²) in [6, 6.07) is 1.65. The maximum Gasteiger partial charge on any atom is 0.234 e. The van der Waals surface area contributed by atoms with Gasteiger partial charge in [-0.15, -0.1) is 0 Å². The van der Waals surface area contributed by atoms with Crippen LogP contribution in [0.15, 0.2) is 12.3 Å². The highest BCUT2D eigenvalue weighted by atomic mass is 32.2. The van der Waals surface area contributed by atoms with E-state index in [1.807, 2.05) is 0 Å². The monoisotopic (exact) mass is 258 g/mol. The highest BCUT2D eigenvalue weighted by Crippen LogP contribution is 2.14. The molecule has 1 fully saturated rings. The molecule has 1 aromatic heterocycles. The molecule has 1 unspecified atom stereocenters. The van der Waals surface area contributed by atoms with E-state index in [0.29, 0.717) is 5.82 Å². The first kappa shape index (κ1) is 12.4. The minimum Gasteiger partial charge on any atom is -0.316 e. The van der Waals surface area contributed by atoms with Crippen LogP contribution in [0.4, 0.5) is 5.82 Å². The molecule has 0 aromatic carbocycles. The van der Waals surface area contributed by atoms with Gasteiger partial charge in [0.05, 0.1) is 11.9 Å². The van der Waals surface area contributed by atoms with E-state index in [1.54, 1.807) is 19.3 Å². The van der Waals surface area contributed by atoms with Crippen LogP contribution in [0.5, 0.6) is 0 Å². The van der Waals surface area contributed by atoms with Crippen LogP contribution in [-0.2, 0) is 17.1 Å². The summed E-state index contributed by atoms with van der Waals surface area (Å²) in [6.45, 7) is 1.78. The van der Waals surface area contributed by atoms with Crippen LogP contribution in [0, 0.1) is 5.92 Å². The van der Waals surface area contributed by atoms with Crippen molar-refractivity contribution < 1.29 is 8.42 Å². The second-order valence-corrected chi connectivity index (χ2v) is 6.20. The molecule has 2 N–H and O–H groups in total. The van der Waals surface area contributed by atoms with E-state index in [-0.39, 0.29) is 11.7 Å². The first-order valence-electron chi connectivity index (χ1n) is 5.76. The summed E-state index contributed by atoms with van der Waals surface area (Å²) in [5.41, 5.74) is 0. The molecule has 0 radical (unpaired) electrons. The Balaban J connectivity index is 1.97. The fourth-order valence-electron chi connectivity index (χ4n) is 2.05. The third-order valence-electron chi connectivity index (χ3n) is 2.94. The standard InChI is InChI=1S/C10H18N4O2S/c1-14-10(4-6-12-14)13-17(15,16)8-9-3-2-5-11-7-9/h4,6,9,11,13H,2-3,5,7-8H2,1H3. The summed E-state index contributed by atoms with van der Waals surface area (Å²) in [5.74, 6) is 0.883. The molecule has 7 heteroatoms. The van der Waals surface area contributed by atoms with Gasteiger partial charge in [-0.2, -0.15) is 5.10 Å². The van der Waals surface area contributed by atoms with Gasteiger partial charge in [-0.1, -0.05) is 0 Å². The zero-order valence-electron chi connectivity index (χ0n) is 9.89. The van der Waals surface area contributed by atoms with Crippen molar-refractivity contribution in [2.24, 2.45) is 13.0 Å². The highest BCUT2D eigenvalue weighted by molar-refractivity contribution is 7.92. The summed E-state index contributed by atoms with van der Waals surface area (Å²) in [4.78, 5) is 0. The fraction of sp³-hybridized carbons (Fsp3) is 0.700. The lowest BCUT2D eigenvalue weighted by Gasteiger charge is -2.22. The van der Waals surface area contributed by atoms with Crippen molar-refractivity contribution in [3.05, 3.63) is 12.3 Å². The van der Waals surface area contributed by atoms with E-state index in [9.17, 15) is 8.42 Å². The van der Waals surface area contributed by atoms with Crippen molar-refractivity contribution >= 4 is 15.8 Å². The van der Waals surface area contributed by atoms with Crippen LogP contribution in [0.25, 0.3) is 0 Å². The lowest BCUT2D eigenvalue weighted by atomic mass is 10.0. The Labute approximate surface area is 101 Å². The second kappa shape index (κ2) is 5.05. The van der Waals surface area contributed by atoms with E-state index in [2.05, 4.69) is 15.1 Å². The number of sulfonamides is 1. The van der Waals surface area contributed by atoms with Gasteiger partial charge in [0.25, 0.3) is 0 Å². The topological polar surface area (TPSA) is 76.0 Å². The zero-order valence-corrected chi connectivity index (χ0v) is 10.7. The predicted octanol–water partition coefficient (Wildman–Crippen LogP) is 0.161. The predicted molar refractivity (Wildman–Crippen MR) is 66.2 cm³/mol. The van der Waals surface area contributed by atoms with E-state index < -0.39 is 10.0 Å². The van der Waals surface area contributed by atoms with E-state index in [4.69, 9.17) is 0 Å². The number of nitrogens with one attached hydrogen (secondary N) is 2. The lowest BCUT2D eigenvalue weighted by molar-refractivity contribution is 0.404. The fourth-order valence-corrected chi connectivity index (χ4v) is 3.56. The van der Waals surface area contributed by atoms with Crippen molar-refractivity contribution in [3.8, 4) is 0 Å². The molecule has 0 bridgehead atoms. The molecular formula is C10H18N4O2S. The van der Waals surface area contributed by atoms with Gasteiger partial charge in [-0.25, -0.2) is 8.42 Å². The van der Waals surface area contributed by atoms with Crippen molar-refractivity contribution in [2.45, 2.75) is 12.8 Å². The van der Waals surface area contributed by atoms with Crippen LogP contribution < -0.4 is 10.0 Å². The van der Waals surface area contributed by atoms with Crippen LogP contribution >= 0.6 is 0 Å². The first-order chi connectivity index (χ1) is 8.07. The molecule has 2 rings (SSSR count). The smallest absolute Gasteiger partial charge is 0.234 e. The molecule has 1 atom stereocenters. The third-order valence-corrected chi connectivity index (χ3v) is 4.37. The molecule has 0 amide bonds.